The van der Waals surface area contributed by atoms with Gasteiger partial charge in [-0.15, -0.1) is 15.3 Å². The Morgan fingerprint density at radius 3 is 1.14 bits per heavy atom. The number of hydrogen-bond acceptors (Lipinski definition) is 16. The molecular weight excluding hydrogens is 1120 g/mol. The first kappa shape index (κ1) is 61.1. The molecule has 0 atom stereocenters. The first-order valence-electron chi connectivity index (χ1n) is 29.1. The molecule has 0 bridgehead atoms. The zero-order valence-electron chi connectivity index (χ0n) is 51.1. The molecular formula is C64H70F3N15O5. The average molecular weight is 1190 g/mol. The van der Waals surface area contributed by atoms with E-state index in [0.29, 0.717) is 81.8 Å². The lowest BCUT2D eigenvalue weighted by molar-refractivity contribution is 0.0598. The van der Waals surface area contributed by atoms with Crippen LogP contribution in [0.1, 0.15) is 180 Å². The molecule has 3 aliphatic rings. The number of benzene rings is 3. The van der Waals surface area contributed by atoms with Gasteiger partial charge in [-0.3, -0.25) is 0 Å². The van der Waals surface area contributed by atoms with Crippen molar-refractivity contribution in [2.45, 2.75) is 163 Å². The predicted molar refractivity (Wildman–Crippen MR) is 319 cm³/mol. The lowest BCUT2D eigenvalue weighted by Gasteiger charge is -2.23. The lowest BCUT2D eigenvalue weighted by atomic mass is 9.86. The topological polar surface area (TPSA) is 253 Å². The number of carboxylic acid groups (broad SMARTS) is 1. The van der Waals surface area contributed by atoms with Crippen molar-refractivity contribution in [1.29, 1.82) is 0 Å². The van der Waals surface area contributed by atoms with Crippen LogP contribution in [0.15, 0.2) is 72.8 Å². The minimum absolute atomic E-state index is 0.0517. The highest BCUT2D eigenvalue weighted by Crippen LogP contribution is 2.46. The second kappa shape index (κ2) is 23.7. The van der Waals surface area contributed by atoms with Crippen LogP contribution in [0, 0.1) is 17.5 Å². The summed E-state index contributed by atoms with van der Waals surface area (Å²) in [5.41, 5.74) is 11.4. The van der Waals surface area contributed by atoms with Crippen LogP contribution in [0.2, 0.25) is 0 Å². The van der Waals surface area contributed by atoms with E-state index >= 15 is 0 Å². The number of methoxy groups -OCH3 is 1. The van der Waals surface area contributed by atoms with Crippen molar-refractivity contribution in [3.8, 4) is 67.9 Å². The molecule has 9 aromatic rings. The fraction of sp³-hybridized carbons (Fsp3) is 0.406. The normalized spacial score (nSPS) is 15.0. The molecule has 6 aromatic heterocycles. The molecule has 3 aliphatic heterocycles. The van der Waals surface area contributed by atoms with Crippen LogP contribution in [0.5, 0.6) is 0 Å². The monoisotopic (exact) mass is 1190 g/mol. The Labute approximate surface area is 501 Å². The third-order valence-electron chi connectivity index (χ3n) is 16.6. The highest BCUT2D eigenvalue weighted by Gasteiger charge is 2.39. The Kier molecular flexibility index (Phi) is 16.6. The maximum atomic E-state index is 13.7. The molecule has 2 N–H and O–H groups in total. The van der Waals surface area contributed by atoms with Crippen molar-refractivity contribution in [2.24, 2.45) is 0 Å². The maximum absolute atomic E-state index is 13.7. The number of aromatic carboxylic acids is 1. The highest BCUT2D eigenvalue weighted by molar-refractivity contribution is 6.01. The molecule has 0 aliphatic carbocycles. The number of tetrazole rings is 3. The number of aromatic nitrogens is 15. The van der Waals surface area contributed by atoms with E-state index in [9.17, 15) is 33.0 Å². The number of carbonyl (C=O) groups excluding carboxylic acids is 1. The number of aliphatic hydroxyl groups excluding tert-OH is 1. The smallest absolute Gasteiger partial charge is 0.340 e. The van der Waals surface area contributed by atoms with Gasteiger partial charge in [0.1, 0.15) is 34.5 Å². The fourth-order valence-corrected chi connectivity index (χ4v) is 11.9. The van der Waals surface area contributed by atoms with Crippen LogP contribution in [0.25, 0.3) is 67.9 Å². The molecule has 12 rings (SSSR count). The van der Waals surface area contributed by atoms with Crippen molar-refractivity contribution in [2.75, 3.05) is 7.11 Å². The number of ether oxygens (including phenoxy) is 1. The first-order chi connectivity index (χ1) is 41.3. The van der Waals surface area contributed by atoms with Crippen LogP contribution in [0.4, 0.5) is 13.2 Å². The van der Waals surface area contributed by atoms with Crippen molar-refractivity contribution in [3.05, 3.63) is 141 Å². The van der Waals surface area contributed by atoms with Gasteiger partial charge in [0.2, 0.25) is 17.5 Å². The second-order valence-electron chi connectivity index (χ2n) is 24.9. The van der Waals surface area contributed by atoms with Gasteiger partial charge >= 0.3 is 11.9 Å². The average Bonchev–Trinajstić information content (AvgIpc) is 1.82. The van der Waals surface area contributed by atoms with Gasteiger partial charge in [-0.2, -0.15) is 0 Å². The van der Waals surface area contributed by atoms with Gasteiger partial charge in [0.15, 0.2) is 0 Å². The van der Waals surface area contributed by atoms with Crippen molar-refractivity contribution >= 4 is 11.9 Å². The molecule has 0 spiro atoms. The molecule has 0 fully saturated rings. The molecule has 3 aromatic carbocycles. The quantitative estimate of drug-likeness (QED) is 0.127. The van der Waals surface area contributed by atoms with Crippen molar-refractivity contribution in [1.82, 2.24) is 75.6 Å². The summed E-state index contributed by atoms with van der Waals surface area (Å²) in [6.07, 6.45) is 4.25. The summed E-state index contributed by atoms with van der Waals surface area (Å²) in [5, 5.41) is 57.3. The summed E-state index contributed by atoms with van der Waals surface area (Å²) in [6.45, 7) is 24.1. The van der Waals surface area contributed by atoms with Gasteiger partial charge in [0.05, 0.1) is 52.8 Å². The number of esters is 1. The second-order valence-corrected chi connectivity index (χ2v) is 24.9. The molecule has 0 radical (unpaired) electrons. The third-order valence-corrected chi connectivity index (χ3v) is 16.6. The van der Waals surface area contributed by atoms with E-state index in [1.54, 1.807) is 45.8 Å². The summed E-state index contributed by atoms with van der Waals surface area (Å²) < 4.78 is 51.3. The summed E-state index contributed by atoms with van der Waals surface area (Å²) in [5.74, 6) is -0.882. The molecule has 0 amide bonds. The molecule has 0 unspecified atom stereocenters. The van der Waals surface area contributed by atoms with Gasteiger partial charge in [-0.25, -0.2) is 51.8 Å². The maximum Gasteiger partial charge on any atom is 0.340 e. The number of carbonyl (C=O) groups is 2. The summed E-state index contributed by atoms with van der Waals surface area (Å²) in [6, 6.07) is 18.5. The van der Waals surface area contributed by atoms with Gasteiger partial charge in [-0.05, 0) is 204 Å². The van der Waals surface area contributed by atoms with Crippen LogP contribution in [0.3, 0.4) is 0 Å². The van der Waals surface area contributed by atoms with Gasteiger partial charge in [-0.1, -0.05) is 77.9 Å². The standard InChI is InChI=1S/C22H24FN5O2.C21H22FN5O2.C21H24FN5O/c1-12(2)18-17(21(29)30-5)16(13-6-8-14(23)9-7-13)15-10-11-22(3,4)28-20(19(15)24-18)25-26-27-28;1-11(2)17-16(20(28)29)15(12-5-7-13(22)8-6-12)14-9-10-21(3,4)27-19(18(14)23-17)24-25-26-27;1-12(2)18-16(11-28)17(13-5-7-14(22)8-6-13)15-9-10-21(3,4)27-20(19(15)23-18)24-25-26-27/h6-9,12H,10-11H2,1-5H3;5-8,11H,9-10H2,1-4H3,(H,28,29);5-8,12,28H,9-11H2,1-4H3. The number of hydrogen-bond donors (Lipinski definition) is 2. The minimum atomic E-state index is -1.05. The number of fused-ring (bicyclic) bond motifs is 9. The predicted octanol–water partition coefficient (Wildman–Crippen LogP) is 12.0. The molecule has 0 saturated heterocycles. The van der Waals surface area contributed by atoms with E-state index in [-0.39, 0.29) is 64.0 Å². The molecule has 87 heavy (non-hydrogen) atoms. The fourth-order valence-electron chi connectivity index (χ4n) is 11.9. The van der Waals surface area contributed by atoms with Crippen LogP contribution >= 0.6 is 0 Å². The largest absolute Gasteiger partial charge is 0.478 e. The molecule has 20 nitrogen and oxygen atoms in total. The third kappa shape index (κ3) is 11.4. The number of carboxylic acids is 1. The van der Waals surface area contributed by atoms with Gasteiger partial charge < -0.3 is 14.9 Å². The van der Waals surface area contributed by atoms with E-state index in [1.165, 1.54) is 43.5 Å². The zero-order chi connectivity index (χ0) is 62.6. The number of rotatable bonds is 9. The first-order valence-corrected chi connectivity index (χ1v) is 29.1. The highest BCUT2D eigenvalue weighted by atomic mass is 19.1. The zero-order valence-corrected chi connectivity index (χ0v) is 51.1. The van der Waals surface area contributed by atoms with E-state index < -0.39 is 11.9 Å². The Balaban J connectivity index is 0.000000145. The van der Waals surface area contributed by atoms with E-state index in [0.717, 1.165) is 69.6 Å². The molecule has 9 heterocycles. The Hall–Kier alpha value is -8.99. The van der Waals surface area contributed by atoms with Crippen LogP contribution < -0.4 is 0 Å². The van der Waals surface area contributed by atoms with Crippen LogP contribution in [-0.2, 0) is 47.2 Å². The Bertz CT molecular complexity index is 4080. The van der Waals surface area contributed by atoms with Gasteiger partial charge in [0, 0.05) is 22.4 Å². The summed E-state index contributed by atoms with van der Waals surface area (Å²) in [7, 11) is 1.36. The van der Waals surface area contributed by atoms with E-state index in [4.69, 9.17) is 19.7 Å². The van der Waals surface area contributed by atoms with Crippen LogP contribution in [-0.4, -0.2) is 105 Å². The Morgan fingerprint density at radius 2 is 0.816 bits per heavy atom. The Morgan fingerprint density at radius 1 is 0.506 bits per heavy atom. The molecule has 452 valence electrons. The van der Waals surface area contributed by atoms with Crippen molar-refractivity contribution < 1.29 is 37.7 Å². The number of halogens is 3. The van der Waals surface area contributed by atoms with Gasteiger partial charge in [0.25, 0.3) is 0 Å². The number of nitrogens with zero attached hydrogens (tertiary/aromatic N) is 15. The SMILES string of the molecule is CC(C)c1nc2c(c(-c3ccc(F)cc3)c1C(=O)O)CCC(C)(C)n1nnnc1-2.CC(C)c1nc2c(c(-c3ccc(F)cc3)c1CO)CCC(C)(C)n1nnnc1-2.COC(=O)c1c(C(C)C)nc2c(c1-c1ccc(F)cc1)CCC(C)(C)n1nnnc1-2. The van der Waals surface area contributed by atoms with Crippen molar-refractivity contribution in [3.63, 3.8) is 0 Å². The van der Waals surface area contributed by atoms with E-state index in [2.05, 4.69) is 74.3 Å². The summed E-state index contributed by atoms with van der Waals surface area (Å²) >= 11 is 0. The minimum Gasteiger partial charge on any atom is -0.478 e. The molecule has 0 saturated carbocycles. The van der Waals surface area contributed by atoms with E-state index in [1.807, 2.05) is 60.1 Å². The number of aliphatic hydroxyl groups is 1. The summed E-state index contributed by atoms with van der Waals surface area (Å²) in [4.78, 5) is 39.8. The molecule has 23 heteroatoms. The number of pyridine rings is 3. The lowest BCUT2D eigenvalue weighted by Crippen LogP contribution is -2.27.